The van der Waals surface area contributed by atoms with Crippen LogP contribution in [0.1, 0.15) is 18.3 Å². The van der Waals surface area contributed by atoms with Gasteiger partial charge < -0.3 is 5.32 Å². The summed E-state index contributed by atoms with van der Waals surface area (Å²) in [6.45, 7) is 0.141. The molecule has 0 aliphatic carbocycles. The molecule has 0 bridgehead atoms. The Hall–Kier alpha value is -2.29. The Bertz CT molecular complexity index is 700. The van der Waals surface area contributed by atoms with Crippen molar-refractivity contribution < 1.29 is 18.0 Å². The van der Waals surface area contributed by atoms with Gasteiger partial charge in [0.2, 0.25) is 11.1 Å². The van der Waals surface area contributed by atoms with E-state index in [1.807, 2.05) is 41.7 Å². The van der Waals surface area contributed by atoms with Gasteiger partial charge in [-0.2, -0.15) is 13.2 Å². The van der Waals surface area contributed by atoms with Gasteiger partial charge in [-0.25, -0.2) is 4.98 Å². The quantitative estimate of drug-likeness (QED) is 0.780. The van der Waals surface area contributed by atoms with Gasteiger partial charge >= 0.3 is 6.18 Å². The third kappa shape index (κ3) is 6.07. The van der Waals surface area contributed by atoms with Gasteiger partial charge in [-0.15, -0.1) is 5.10 Å². The Morgan fingerprint density at radius 2 is 2.04 bits per heavy atom. The lowest BCUT2D eigenvalue weighted by Crippen LogP contribution is -2.38. The number of alkyl halides is 3. The number of halogens is 3. The molecule has 1 amide bonds. The number of benzene rings is 1. The molecule has 0 aliphatic heterocycles. The van der Waals surface area contributed by atoms with E-state index < -0.39 is 23.9 Å². The molecule has 2 rings (SSSR count). The van der Waals surface area contributed by atoms with Crippen molar-refractivity contribution in [1.82, 2.24) is 20.5 Å². The molecule has 1 unspecified atom stereocenters. The van der Waals surface area contributed by atoms with Gasteiger partial charge in [0.25, 0.3) is 0 Å². The van der Waals surface area contributed by atoms with Gasteiger partial charge in [-0.05, 0) is 18.6 Å². The van der Waals surface area contributed by atoms with Gasteiger partial charge in [0, 0.05) is 0 Å². The molecule has 2 aromatic rings. The average Bonchev–Trinajstić information content (AvgIpc) is 2.98. The second-order valence-corrected chi connectivity index (χ2v) is 6.15. The maximum atomic E-state index is 12.1. The van der Waals surface area contributed by atoms with E-state index in [9.17, 15) is 18.0 Å². The minimum absolute atomic E-state index is 0.289. The number of carbonyl (C=O) groups excluding carboxylic acids is 1. The SMILES string of the molecule is CC(Sc1n[nH]c(/C=C/c2ccccc2)n1)C(=O)NCC(F)(F)F. The van der Waals surface area contributed by atoms with Crippen LogP contribution in [-0.2, 0) is 4.79 Å². The predicted molar refractivity (Wildman–Crippen MR) is 86.1 cm³/mol. The standard InChI is InChI=1S/C15H15F3N4OS/c1-10(13(23)19-9-15(16,17)18)24-14-20-12(21-22-14)8-7-11-5-3-2-4-6-11/h2-8,10H,9H2,1H3,(H,19,23)(H,20,21,22)/b8-7+. The molecule has 0 radical (unpaired) electrons. The summed E-state index contributed by atoms with van der Waals surface area (Å²) in [5.74, 6) is -0.229. The lowest BCUT2D eigenvalue weighted by atomic mass is 10.2. The van der Waals surface area contributed by atoms with Crippen molar-refractivity contribution in [3.8, 4) is 0 Å². The number of nitrogens with zero attached hydrogens (tertiary/aromatic N) is 2. The molecule has 0 fully saturated rings. The Morgan fingerprint density at radius 3 is 2.71 bits per heavy atom. The minimum Gasteiger partial charge on any atom is -0.346 e. The molecule has 2 N–H and O–H groups in total. The van der Waals surface area contributed by atoms with Crippen molar-refractivity contribution in [3.63, 3.8) is 0 Å². The fraction of sp³-hybridized carbons (Fsp3) is 0.267. The molecule has 0 spiro atoms. The zero-order valence-corrected chi connectivity index (χ0v) is 13.5. The number of hydrogen-bond donors (Lipinski definition) is 2. The molecule has 1 aromatic heterocycles. The van der Waals surface area contributed by atoms with E-state index in [0.29, 0.717) is 5.82 Å². The summed E-state index contributed by atoms with van der Waals surface area (Å²) in [5, 5.41) is 8.01. The monoisotopic (exact) mass is 356 g/mol. The van der Waals surface area contributed by atoms with Crippen molar-refractivity contribution in [2.45, 2.75) is 23.5 Å². The van der Waals surface area contributed by atoms with E-state index >= 15 is 0 Å². The molecule has 0 saturated heterocycles. The van der Waals surface area contributed by atoms with Crippen LogP contribution < -0.4 is 5.32 Å². The first-order chi connectivity index (χ1) is 11.3. The van der Waals surface area contributed by atoms with E-state index in [0.717, 1.165) is 17.3 Å². The molecule has 9 heteroatoms. The summed E-state index contributed by atoms with van der Waals surface area (Å²) < 4.78 is 36.2. The second kappa shape index (κ2) is 8.00. The predicted octanol–water partition coefficient (Wildman–Crippen LogP) is 3.13. The maximum absolute atomic E-state index is 12.1. The van der Waals surface area contributed by atoms with E-state index in [2.05, 4.69) is 15.2 Å². The molecule has 0 aliphatic rings. The van der Waals surface area contributed by atoms with E-state index in [4.69, 9.17) is 0 Å². The molecule has 5 nitrogen and oxygen atoms in total. The lowest BCUT2D eigenvalue weighted by molar-refractivity contribution is -0.137. The third-order valence-corrected chi connectivity index (χ3v) is 3.79. The van der Waals surface area contributed by atoms with Crippen LogP contribution in [0, 0.1) is 0 Å². The van der Waals surface area contributed by atoms with Crippen LogP contribution in [0.25, 0.3) is 12.2 Å². The van der Waals surface area contributed by atoms with Gasteiger partial charge in [0.05, 0.1) is 5.25 Å². The number of nitrogens with one attached hydrogen (secondary N) is 2. The molecule has 1 atom stereocenters. The Balaban J connectivity index is 1.89. The molecule has 0 saturated carbocycles. The Morgan fingerprint density at radius 1 is 1.33 bits per heavy atom. The van der Waals surface area contributed by atoms with Crippen LogP contribution in [0.5, 0.6) is 0 Å². The number of rotatable bonds is 6. The second-order valence-electron chi connectivity index (χ2n) is 4.84. The molecular formula is C15H15F3N4OS. The highest BCUT2D eigenvalue weighted by Gasteiger charge is 2.29. The van der Waals surface area contributed by atoms with Crippen LogP contribution >= 0.6 is 11.8 Å². The van der Waals surface area contributed by atoms with Crippen LogP contribution in [0.4, 0.5) is 13.2 Å². The first-order valence-corrected chi connectivity index (χ1v) is 7.88. The minimum atomic E-state index is -4.43. The van der Waals surface area contributed by atoms with Crippen molar-refractivity contribution >= 4 is 29.8 Å². The molecule has 1 heterocycles. The summed E-state index contributed by atoms with van der Waals surface area (Å²) in [5.41, 5.74) is 0.989. The van der Waals surface area contributed by atoms with Gasteiger partial charge in [0.15, 0.2) is 0 Å². The van der Waals surface area contributed by atoms with E-state index in [-0.39, 0.29) is 5.16 Å². The Labute approximate surface area is 140 Å². The maximum Gasteiger partial charge on any atom is 0.405 e. The summed E-state index contributed by atoms with van der Waals surface area (Å²) in [6.07, 6.45) is -0.866. The largest absolute Gasteiger partial charge is 0.405 e. The topological polar surface area (TPSA) is 70.7 Å². The highest BCUT2D eigenvalue weighted by molar-refractivity contribution is 8.00. The number of aromatic amines is 1. The summed E-state index contributed by atoms with van der Waals surface area (Å²) >= 11 is 0.978. The van der Waals surface area contributed by atoms with Crippen molar-refractivity contribution in [2.24, 2.45) is 0 Å². The summed E-state index contributed by atoms with van der Waals surface area (Å²) in [7, 11) is 0. The third-order valence-electron chi connectivity index (χ3n) is 2.83. The fourth-order valence-electron chi connectivity index (χ4n) is 1.67. The molecule has 1 aromatic carbocycles. The Kier molecular flexibility index (Phi) is 6.02. The molecule has 128 valence electrons. The summed E-state index contributed by atoms with van der Waals surface area (Å²) in [4.78, 5) is 15.8. The number of H-pyrrole nitrogens is 1. The first kappa shape index (κ1) is 18.1. The highest BCUT2D eigenvalue weighted by Crippen LogP contribution is 2.20. The smallest absolute Gasteiger partial charge is 0.346 e. The van der Waals surface area contributed by atoms with E-state index in [1.165, 1.54) is 6.92 Å². The number of thioether (sulfide) groups is 1. The molecular weight excluding hydrogens is 341 g/mol. The number of aromatic nitrogens is 3. The van der Waals surface area contributed by atoms with Crippen LogP contribution in [0.3, 0.4) is 0 Å². The average molecular weight is 356 g/mol. The first-order valence-electron chi connectivity index (χ1n) is 7.00. The molecule has 24 heavy (non-hydrogen) atoms. The zero-order valence-electron chi connectivity index (χ0n) is 12.7. The van der Waals surface area contributed by atoms with Crippen molar-refractivity contribution in [2.75, 3.05) is 6.54 Å². The highest BCUT2D eigenvalue weighted by atomic mass is 32.2. The van der Waals surface area contributed by atoms with E-state index in [1.54, 1.807) is 6.08 Å². The van der Waals surface area contributed by atoms with Gasteiger partial charge in [-0.3, -0.25) is 9.89 Å². The number of amides is 1. The number of hydrogen-bond acceptors (Lipinski definition) is 4. The normalized spacial score (nSPS) is 13.2. The van der Waals surface area contributed by atoms with Gasteiger partial charge in [0.1, 0.15) is 12.4 Å². The van der Waals surface area contributed by atoms with Gasteiger partial charge in [-0.1, -0.05) is 48.2 Å². The van der Waals surface area contributed by atoms with Crippen molar-refractivity contribution in [3.05, 3.63) is 41.7 Å². The van der Waals surface area contributed by atoms with Crippen LogP contribution in [-0.4, -0.2) is 39.1 Å². The zero-order chi connectivity index (χ0) is 17.6. The fourth-order valence-corrected chi connectivity index (χ4v) is 2.42. The lowest BCUT2D eigenvalue weighted by Gasteiger charge is -2.11. The van der Waals surface area contributed by atoms with Crippen LogP contribution in [0.15, 0.2) is 35.5 Å². The number of carbonyl (C=O) groups is 1. The van der Waals surface area contributed by atoms with Crippen molar-refractivity contribution in [1.29, 1.82) is 0 Å². The summed E-state index contributed by atoms with van der Waals surface area (Å²) in [6, 6.07) is 9.57. The van der Waals surface area contributed by atoms with Crippen LogP contribution in [0.2, 0.25) is 0 Å².